The van der Waals surface area contributed by atoms with Gasteiger partial charge in [-0.1, -0.05) is 79.2 Å². The first-order valence-electron chi connectivity index (χ1n) is 11.1. The molecule has 5 nitrogen and oxygen atoms in total. The van der Waals surface area contributed by atoms with Crippen LogP contribution < -0.4 is 15.2 Å². The summed E-state index contributed by atoms with van der Waals surface area (Å²) in [6.07, 6.45) is 3.10. The SMILES string of the molecule is CC(C)(C)c1ccc(/C=C/C(=O)Oc2ccc3c(c2)OC(N)=C(C#N)C3c2cccc(Br)c2)cc1. The highest BCUT2D eigenvalue weighted by Crippen LogP contribution is 2.43. The average molecular weight is 529 g/mol. The summed E-state index contributed by atoms with van der Waals surface area (Å²) in [4.78, 5) is 12.4. The molecule has 1 heterocycles. The van der Waals surface area contributed by atoms with Crippen LogP contribution in [0.4, 0.5) is 0 Å². The second kappa shape index (κ2) is 9.81. The Morgan fingerprint density at radius 1 is 1.11 bits per heavy atom. The van der Waals surface area contributed by atoms with Crippen LogP contribution >= 0.6 is 15.9 Å². The van der Waals surface area contributed by atoms with E-state index < -0.39 is 5.97 Å². The molecule has 1 unspecified atom stereocenters. The molecule has 35 heavy (non-hydrogen) atoms. The molecule has 1 aliphatic rings. The first-order chi connectivity index (χ1) is 16.7. The van der Waals surface area contributed by atoms with E-state index >= 15 is 0 Å². The van der Waals surface area contributed by atoms with Gasteiger partial charge in [0.15, 0.2) is 0 Å². The number of ether oxygens (including phenoxy) is 2. The summed E-state index contributed by atoms with van der Waals surface area (Å²) < 4.78 is 12.1. The van der Waals surface area contributed by atoms with Gasteiger partial charge in [0, 0.05) is 22.2 Å². The smallest absolute Gasteiger partial charge is 0.336 e. The fourth-order valence-electron chi connectivity index (χ4n) is 3.94. The van der Waals surface area contributed by atoms with Gasteiger partial charge in [-0.3, -0.25) is 0 Å². The highest BCUT2D eigenvalue weighted by atomic mass is 79.9. The number of fused-ring (bicyclic) bond motifs is 1. The fraction of sp³-hybridized carbons (Fsp3) is 0.172. The van der Waals surface area contributed by atoms with Crippen LogP contribution in [0, 0.1) is 11.3 Å². The van der Waals surface area contributed by atoms with Gasteiger partial charge in [-0.15, -0.1) is 0 Å². The van der Waals surface area contributed by atoms with Crippen LogP contribution in [0.2, 0.25) is 0 Å². The van der Waals surface area contributed by atoms with Gasteiger partial charge in [0.05, 0.1) is 5.92 Å². The molecule has 0 spiro atoms. The van der Waals surface area contributed by atoms with Crippen molar-refractivity contribution in [2.45, 2.75) is 32.1 Å². The third-order valence-electron chi connectivity index (χ3n) is 5.78. The minimum absolute atomic E-state index is 0.0343. The summed E-state index contributed by atoms with van der Waals surface area (Å²) in [6, 6.07) is 23.0. The maximum absolute atomic E-state index is 12.4. The molecule has 2 N–H and O–H groups in total. The lowest BCUT2D eigenvalue weighted by Gasteiger charge is -2.26. The van der Waals surface area contributed by atoms with Gasteiger partial charge in [0.2, 0.25) is 5.88 Å². The zero-order valence-electron chi connectivity index (χ0n) is 19.7. The minimum Gasteiger partial charge on any atom is -0.440 e. The summed E-state index contributed by atoms with van der Waals surface area (Å²) in [5.74, 6) is -0.0966. The molecule has 0 saturated heterocycles. The van der Waals surface area contributed by atoms with Gasteiger partial charge >= 0.3 is 5.97 Å². The highest BCUT2D eigenvalue weighted by Gasteiger charge is 2.31. The van der Waals surface area contributed by atoms with Crippen molar-refractivity contribution in [3.8, 4) is 17.6 Å². The summed E-state index contributed by atoms with van der Waals surface area (Å²) in [6.45, 7) is 6.47. The molecule has 3 aromatic carbocycles. The Hall–Kier alpha value is -3.82. The zero-order chi connectivity index (χ0) is 25.2. The van der Waals surface area contributed by atoms with E-state index in [0.29, 0.717) is 17.1 Å². The van der Waals surface area contributed by atoms with Gasteiger partial charge in [0.1, 0.15) is 23.1 Å². The number of hydrogen-bond donors (Lipinski definition) is 1. The maximum atomic E-state index is 12.4. The van der Waals surface area contributed by atoms with Gasteiger partial charge in [-0.25, -0.2) is 4.79 Å². The van der Waals surface area contributed by atoms with E-state index in [1.54, 1.807) is 24.3 Å². The van der Waals surface area contributed by atoms with Crippen LogP contribution in [0.5, 0.6) is 11.5 Å². The van der Waals surface area contributed by atoms with Crippen LogP contribution in [0.15, 0.2) is 88.7 Å². The molecule has 0 aliphatic carbocycles. The predicted octanol–water partition coefficient (Wildman–Crippen LogP) is 6.58. The van der Waals surface area contributed by atoms with E-state index in [1.165, 1.54) is 11.6 Å². The first kappa shape index (κ1) is 24.3. The monoisotopic (exact) mass is 528 g/mol. The summed E-state index contributed by atoms with van der Waals surface area (Å²) in [7, 11) is 0. The van der Waals surface area contributed by atoms with Gasteiger partial charge in [0.25, 0.3) is 0 Å². The number of carbonyl (C=O) groups excluding carboxylic acids is 1. The van der Waals surface area contributed by atoms with Crippen molar-refractivity contribution in [2.24, 2.45) is 5.73 Å². The largest absolute Gasteiger partial charge is 0.440 e. The lowest BCUT2D eigenvalue weighted by atomic mass is 9.83. The number of nitriles is 1. The Balaban J connectivity index is 1.54. The van der Waals surface area contributed by atoms with E-state index in [2.05, 4.69) is 54.9 Å². The normalized spacial score (nSPS) is 15.3. The van der Waals surface area contributed by atoms with Crippen molar-refractivity contribution >= 4 is 28.0 Å². The van der Waals surface area contributed by atoms with Crippen LogP contribution in [0.3, 0.4) is 0 Å². The molecule has 0 fully saturated rings. The third kappa shape index (κ3) is 5.47. The van der Waals surface area contributed by atoms with Crippen molar-refractivity contribution in [2.75, 3.05) is 0 Å². The fourth-order valence-corrected chi connectivity index (χ4v) is 4.35. The van der Waals surface area contributed by atoms with Gasteiger partial charge in [-0.05, 0) is 46.4 Å². The number of halogens is 1. The molecule has 0 saturated carbocycles. The minimum atomic E-state index is -0.509. The van der Waals surface area contributed by atoms with Crippen molar-refractivity contribution < 1.29 is 14.3 Å². The van der Waals surface area contributed by atoms with Crippen molar-refractivity contribution in [1.29, 1.82) is 5.26 Å². The standard InChI is InChI=1S/C29H25BrN2O3/c1-29(2,3)20-10-7-18(8-11-20)9-14-26(33)34-22-12-13-23-25(16-22)35-28(32)24(17-31)27(23)19-5-4-6-21(30)15-19/h4-16,27H,32H2,1-3H3/b14-9+. The molecule has 0 aromatic heterocycles. The number of rotatable bonds is 4. The second-order valence-electron chi connectivity index (χ2n) is 9.31. The molecular weight excluding hydrogens is 504 g/mol. The lowest BCUT2D eigenvalue weighted by Crippen LogP contribution is -2.21. The first-order valence-corrected chi connectivity index (χ1v) is 11.9. The van der Waals surface area contributed by atoms with Gasteiger partial charge in [-0.2, -0.15) is 5.26 Å². The molecule has 4 rings (SSSR count). The molecule has 0 amide bonds. The van der Waals surface area contributed by atoms with Crippen molar-refractivity contribution in [1.82, 2.24) is 0 Å². The van der Waals surface area contributed by atoms with Crippen LogP contribution in [-0.4, -0.2) is 5.97 Å². The van der Waals surface area contributed by atoms with E-state index in [4.69, 9.17) is 15.2 Å². The van der Waals surface area contributed by atoms with Crippen LogP contribution in [0.25, 0.3) is 6.08 Å². The van der Waals surface area contributed by atoms with Crippen molar-refractivity contribution in [3.63, 3.8) is 0 Å². The Morgan fingerprint density at radius 2 is 1.86 bits per heavy atom. The molecule has 6 heteroatoms. The molecule has 3 aromatic rings. The quantitative estimate of drug-likeness (QED) is 0.234. The average Bonchev–Trinajstić information content (AvgIpc) is 2.81. The summed E-state index contributed by atoms with van der Waals surface area (Å²) >= 11 is 3.48. The molecule has 0 bridgehead atoms. The number of carbonyl (C=O) groups is 1. The molecule has 1 aliphatic heterocycles. The number of esters is 1. The number of hydrogen-bond acceptors (Lipinski definition) is 5. The topological polar surface area (TPSA) is 85.3 Å². The van der Waals surface area contributed by atoms with E-state index in [9.17, 15) is 10.1 Å². The molecule has 1 atom stereocenters. The number of nitrogens with two attached hydrogens (primary N) is 1. The predicted molar refractivity (Wildman–Crippen MR) is 140 cm³/mol. The Labute approximate surface area is 213 Å². The number of nitrogens with zero attached hydrogens (tertiary/aromatic N) is 1. The van der Waals surface area contributed by atoms with Crippen LogP contribution in [-0.2, 0) is 10.2 Å². The van der Waals surface area contributed by atoms with E-state index in [0.717, 1.165) is 21.2 Å². The number of allylic oxidation sites excluding steroid dienone is 1. The Kier molecular flexibility index (Phi) is 6.81. The van der Waals surface area contributed by atoms with Gasteiger partial charge < -0.3 is 15.2 Å². The molecule has 176 valence electrons. The van der Waals surface area contributed by atoms with E-state index in [1.807, 2.05) is 36.4 Å². The molecular formula is C29H25BrN2O3. The van der Waals surface area contributed by atoms with Crippen molar-refractivity contribution in [3.05, 3.63) is 111 Å². The Bertz CT molecular complexity index is 1380. The third-order valence-corrected chi connectivity index (χ3v) is 6.27. The summed E-state index contributed by atoms with van der Waals surface area (Å²) in [5.41, 5.74) is 10.3. The maximum Gasteiger partial charge on any atom is 0.336 e. The summed E-state index contributed by atoms with van der Waals surface area (Å²) in [5, 5.41) is 9.71. The van der Waals surface area contributed by atoms with E-state index in [-0.39, 0.29) is 17.2 Å². The number of benzene rings is 3. The zero-order valence-corrected chi connectivity index (χ0v) is 21.3. The second-order valence-corrected chi connectivity index (χ2v) is 10.2. The van der Waals surface area contributed by atoms with Crippen LogP contribution in [0.1, 0.15) is 48.9 Å². The Morgan fingerprint density at radius 3 is 2.51 bits per heavy atom. The molecule has 0 radical (unpaired) electrons. The lowest BCUT2D eigenvalue weighted by molar-refractivity contribution is -0.128. The highest BCUT2D eigenvalue weighted by molar-refractivity contribution is 9.10.